The van der Waals surface area contributed by atoms with Crippen LogP contribution in [-0.4, -0.2) is 31.0 Å². The average Bonchev–Trinajstić information content (AvgIpc) is 3.14. The van der Waals surface area contributed by atoms with E-state index in [-0.39, 0.29) is 173 Å². The van der Waals surface area contributed by atoms with E-state index in [1.54, 1.807) is 24.3 Å². The third kappa shape index (κ3) is 13.2. The summed E-state index contributed by atoms with van der Waals surface area (Å²) in [6.07, 6.45) is 0. The first-order valence-corrected chi connectivity index (χ1v) is 19.4. The van der Waals surface area contributed by atoms with Crippen molar-refractivity contribution in [3.8, 4) is 16.9 Å². The van der Waals surface area contributed by atoms with Gasteiger partial charge in [0.25, 0.3) is 0 Å². The normalized spacial score (nSPS) is 11.6. The molecule has 0 heterocycles. The van der Waals surface area contributed by atoms with Crippen molar-refractivity contribution in [2.45, 2.75) is 26.5 Å². The predicted molar refractivity (Wildman–Crippen MR) is 191 cm³/mol. The van der Waals surface area contributed by atoms with Gasteiger partial charge in [0.15, 0.2) is 5.75 Å². The van der Waals surface area contributed by atoms with Gasteiger partial charge in [-0.2, -0.15) is 13.8 Å². The molecular weight excluding hydrogens is 895 g/mol. The minimum Gasteiger partial charge on any atom is -0.744 e. The monoisotopic (exact) mass is 915 g/mol. The van der Waals surface area contributed by atoms with E-state index in [0.717, 1.165) is 41.0 Å². The van der Waals surface area contributed by atoms with E-state index in [2.05, 4.69) is 39.2 Å². The molecule has 0 atom stereocenters. The minimum absolute atomic E-state index is 0. The second-order valence-corrected chi connectivity index (χ2v) is 15.5. The Bertz CT molecular complexity index is 2740. The van der Waals surface area contributed by atoms with Gasteiger partial charge in [-0.05, 0) is 77.4 Å². The number of aromatic hydroxyl groups is 1. The molecule has 0 aliphatic rings. The van der Waals surface area contributed by atoms with E-state index < -0.39 is 52.8 Å². The van der Waals surface area contributed by atoms with Gasteiger partial charge in [-0.25, -0.2) is 16.8 Å². The third-order valence-electron chi connectivity index (χ3n) is 7.83. The number of azo groups is 2. The van der Waals surface area contributed by atoms with Gasteiger partial charge < -0.3 is 30.5 Å². The summed E-state index contributed by atoms with van der Waals surface area (Å²) in [4.78, 5) is -1.52. The van der Waals surface area contributed by atoms with Crippen molar-refractivity contribution in [2.75, 3.05) is 5.73 Å². The topological polar surface area (TPSA) is 293 Å². The van der Waals surface area contributed by atoms with Crippen LogP contribution in [0, 0.1) is 6.92 Å². The summed E-state index contributed by atoms with van der Waals surface area (Å²) in [5.74, 6) is -0.748. The van der Waals surface area contributed by atoms with Gasteiger partial charge in [-0.15, -0.1) is 15.3 Å². The molecule has 0 unspecified atom stereocenters. The van der Waals surface area contributed by atoms with E-state index in [4.69, 9.17) is 5.73 Å². The van der Waals surface area contributed by atoms with Crippen LogP contribution in [0.4, 0.5) is 28.4 Å². The molecule has 0 aliphatic heterocycles. The zero-order valence-corrected chi connectivity index (χ0v) is 42.8. The Kier molecular flexibility index (Phi) is 21.6. The fraction of sp³-hybridized carbons (Fsp3) is 0.0303. The summed E-state index contributed by atoms with van der Waals surface area (Å²) in [6, 6.07) is 22.6. The van der Waals surface area contributed by atoms with E-state index in [1.165, 1.54) is 18.2 Å². The van der Waals surface area contributed by atoms with E-state index in [1.807, 2.05) is 31.2 Å². The van der Waals surface area contributed by atoms with Crippen molar-refractivity contribution in [3.63, 3.8) is 0 Å². The van der Waals surface area contributed by atoms with Crippen LogP contribution in [0.3, 0.4) is 0 Å². The van der Waals surface area contributed by atoms with Crippen LogP contribution >= 0.6 is 24.1 Å². The van der Waals surface area contributed by atoms with Crippen LogP contribution in [-0.2, 0) is 39.0 Å². The van der Waals surface area contributed by atoms with E-state index >= 15 is 0 Å². The SMILES string of the molecule is Cc1ccc(-c2ccc(N=Nc3c(S(=O)(=O)[O-])cc4cc(SOO[O-])c(N=Nc5cc(SOO[O-])cc6cc(S(=O)(=O)[O-])ccc56)c(O)c4c3N)cc2)cc1.[Na+].[Na+].[Na+].[Na+]. The molecule has 0 saturated carbocycles. The van der Waals surface area contributed by atoms with E-state index in [0.29, 0.717) is 12.0 Å². The van der Waals surface area contributed by atoms with Gasteiger partial charge in [-0.1, -0.05) is 48.0 Å². The minimum atomic E-state index is -5.26. The summed E-state index contributed by atoms with van der Waals surface area (Å²) >= 11 is 0.643. The van der Waals surface area contributed by atoms with Gasteiger partial charge in [0.05, 0.1) is 61.2 Å². The number of phenols is 1. The quantitative estimate of drug-likeness (QED) is 0.0208. The summed E-state index contributed by atoms with van der Waals surface area (Å²) < 4.78 is 81.1. The van der Waals surface area contributed by atoms with Gasteiger partial charge >= 0.3 is 118 Å². The fourth-order valence-electron chi connectivity index (χ4n) is 5.33. The first-order chi connectivity index (χ1) is 26.2. The molecule has 0 aromatic heterocycles. The van der Waals surface area contributed by atoms with Crippen LogP contribution in [0.2, 0.25) is 0 Å². The Morgan fingerprint density at radius 2 is 1.25 bits per heavy atom. The molecule has 18 nitrogen and oxygen atoms in total. The van der Waals surface area contributed by atoms with Gasteiger partial charge in [0.2, 0.25) is 0 Å². The number of rotatable bonds is 13. The van der Waals surface area contributed by atoms with E-state index in [9.17, 15) is 41.6 Å². The Labute approximate surface area is 433 Å². The van der Waals surface area contributed by atoms with Gasteiger partial charge in [-0.3, -0.25) is 10.1 Å². The zero-order chi connectivity index (χ0) is 39.5. The second kappa shape index (κ2) is 23.6. The Morgan fingerprint density at radius 1 is 0.661 bits per heavy atom. The first kappa shape index (κ1) is 54.1. The van der Waals surface area contributed by atoms with Crippen LogP contribution in [0.15, 0.2) is 131 Å². The zero-order valence-electron chi connectivity index (χ0n) is 31.5. The number of hydrogen-bond acceptors (Lipinski definition) is 20. The number of anilines is 1. The standard InChI is InChI=1S/C33H25N5O13S4.4Na/c1-17-2-4-18(5-3-17)19-6-8-22(9-7-19)35-38-32-28(55(45,46)47)15-21-14-27(53-51-49-41)31(33(39)29(21)30(32)34)37-36-26-16-23(52-50-48-40)12-20-13-24(54(42,43)44)10-11-25(20)26;;;;/h2-16,39-41H,34H2,1H3,(H,42,43,44)(H,45,46,47);;;;/q;4*+1/p-4. The number of nitrogen functional groups attached to an aromatic ring is 1. The molecule has 0 radical (unpaired) electrons. The predicted octanol–water partition coefficient (Wildman–Crippen LogP) is -5.63. The fourth-order valence-corrected chi connectivity index (χ4v) is 7.43. The molecule has 59 heavy (non-hydrogen) atoms. The molecule has 0 saturated heterocycles. The maximum Gasteiger partial charge on any atom is 1.00 e. The number of fused-ring (bicyclic) bond motifs is 2. The Hall–Kier alpha value is -1.08. The van der Waals surface area contributed by atoms with Crippen molar-refractivity contribution in [1.82, 2.24) is 0 Å². The first-order valence-electron chi connectivity index (χ1n) is 15.1. The van der Waals surface area contributed by atoms with Crippen LogP contribution in [0.5, 0.6) is 5.75 Å². The van der Waals surface area contributed by atoms with Gasteiger partial charge in [0, 0.05) is 10.3 Å². The summed E-state index contributed by atoms with van der Waals surface area (Å²) in [6.45, 7) is 1.96. The molecule has 6 aromatic rings. The number of hydrogen-bond donors (Lipinski definition) is 2. The smallest absolute Gasteiger partial charge is 0.744 e. The molecule has 3 N–H and O–H groups in total. The maximum absolute atomic E-state index is 12.4. The molecule has 0 amide bonds. The van der Waals surface area contributed by atoms with Crippen molar-refractivity contribution in [1.29, 1.82) is 0 Å². The summed E-state index contributed by atoms with van der Waals surface area (Å²) in [5.41, 5.74) is 8.00. The maximum atomic E-state index is 12.4. The largest absolute Gasteiger partial charge is 1.00 e. The molecule has 0 spiro atoms. The second-order valence-electron chi connectivity index (χ2n) is 11.3. The summed E-state index contributed by atoms with van der Waals surface area (Å²) in [5, 5.41) is 55.9. The average molecular weight is 916 g/mol. The summed E-state index contributed by atoms with van der Waals surface area (Å²) in [7, 11) is -10.1. The molecular formula is C33H21N5Na4O13S4. The third-order valence-corrected chi connectivity index (χ3v) is 10.7. The van der Waals surface area contributed by atoms with Crippen LogP contribution in [0.1, 0.15) is 5.56 Å². The number of benzene rings is 6. The Balaban J connectivity index is 0.00000300. The van der Waals surface area contributed by atoms with Crippen molar-refractivity contribution < 1.29 is 179 Å². The molecule has 6 aromatic carbocycles. The molecule has 284 valence electrons. The number of aryl methyl sites for hydroxylation is 1. The van der Waals surface area contributed by atoms with Gasteiger partial charge in [0.1, 0.15) is 31.6 Å². The van der Waals surface area contributed by atoms with Crippen molar-refractivity contribution in [2.24, 2.45) is 20.5 Å². The Morgan fingerprint density at radius 3 is 1.85 bits per heavy atom. The molecule has 0 fully saturated rings. The van der Waals surface area contributed by atoms with Crippen molar-refractivity contribution in [3.05, 3.63) is 96.6 Å². The van der Waals surface area contributed by atoms with Crippen LogP contribution < -0.4 is 134 Å². The van der Waals surface area contributed by atoms with Crippen molar-refractivity contribution >= 4 is 94.3 Å². The number of nitrogens with zero attached hydrogens (tertiary/aromatic N) is 4. The molecule has 26 heteroatoms. The number of nitrogens with two attached hydrogens (primary N) is 1. The molecule has 0 bridgehead atoms. The molecule has 0 aliphatic carbocycles. The number of phenolic OH excluding ortho intramolecular Hbond substituents is 1. The molecule has 6 rings (SSSR count). The van der Waals surface area contributed by atoms with Crippen LogP contribution in [0.25, 0.3) is 32.7 Å².